The summed E-state index contributed by atoms with van der Waals surface area (Å²) in [5.74, 6) is 1.54. The summed E-state index contributed by atoms with van der Waals surface area (Å²) in [6, 6.07) is 13.4. The van der Waals surface area contributed by atoms with E-state index in [1.165, 1.54) is 0 Å². The number of rotatable bonds is 2. The van der Waals surface area contributed by atoms with Crippen LogP contribution in [-0.2, 0) is 5.60 Å². The van der Waals surface area contributed by atoms with Gasteiger partial charge in [0.25, 0.3) is 0 Å². The van der Waals surface area contributed by atoms with Crippen LogP contribution >= 0.6 is 24.0 Å². The SMILES string of the molecule is Cl.OC1(c2ccc(Cl)cc2)CNC(c2ccc3c(c2)OCO3)C1. The van der Waals surface area contributed by atoms with Crippen molar-refractivity contribution in [3.63, 3.8) is 0 Å². The monoisotopic (exact) mass is 353 g/mol. The fraction of sp³-hybridized carbons (Fsp3) is 0.294. The fourth-order valence-corrected chi connectivity index (χ4v) is 3.25. The van der Waals surface area contributed by atoms with Crippen molar-refractivity contribution in [2.24, 2.45) is 0 Å². The number of nitrogens with one attached hydrogen (secondary N) is 1. The standard InChI is InChI=1S/C17H16ClNO3.ClH/c18-13-4-2-12(3-5-13)17(20)8-14(19-9-17)11-1-6-15-16(7-11)22-10-21-15;/h1-7,14,19-20H,8-10H2;1H. The van der Waals surface area contributed by atoms with E-state index >= 15 is 0 Å². The summed E-state index contributed by atoms with van der Waals surface area (Å²) >= 11 is 5.92. The summed E-state index contributed by atoms with van der Waals surface area (Å²) in [4.78, 5) is 0. The van der Waals surface area contributed by atoms with Crippen LogP contribution in [0.3, 0.4) is 0 Å². The van der Waals surface area contributed by atoms with Crippen molar-refractivity contribution in [1.29, 1.82) is 0 Å². The largest absolute Gasteiger partial charge is 0.454 e. The topological polar surface area (TPSA) is 50.7 Å². The van der Waals surface area contributed by atoms with Crippen molar-refractivity contribution < 1.29 is 14.6 Å². The lowest BCUT2D eigenvalue weighted by molar-refractivity contribution is 0.0559. The summed E-state index contributed by atoms with van der Waals surface area (Å²) in [7, 11) is 0. The third-order valence-corrected chi connectivity index (χ3v) is 4.62. The summed E-state index contributed by atoms with van der Waals surface area (Å²) in [5.41, 5.74) is 1.09. The van der Waals surface area contributed by atoms with Gasteiger partial charge >= 0.3 is 0 Å². The molecular formula is C17H17Cl2NO3. The summed E-state index contributed by atoms with van der Waals surface area (Å²) in [6.07, 6.45) is 0.605. The third-order valence-electron chi connectivity index (χ3n) is 4.36. The zero-order chi connectivity index (χ0) is 15.2. The molecule has 2 aromatic rings. The number of ether oxygens (including phenoxy) is 2. The van der Waals surface area contributed by atoms with Gasteiger partial charge < -0.3 is 19.9 Å². The highest BCUT2D eigenvalue weighted by atomic mass is 35.5. The van der Waals surface area contributed by atoms with Crippen molar-refractivity contribution in [2.75, 3.05) is 13.3 Å². The molecule has 2 aliphatic heterocycles. The number of hydrogen-bond acceptors (Lipinski definition) is 4. The molecule has 6 heteroatoms. The summed E-state index contributed by atoms with van der Waals surface area (Å²) in [6.45, 7) is 0.777. The Morgan fingerprint density at radius 3 is 2.61 bits per heavy atom. The van der Waals surface area contributed by atoms with Crippen LogP contribution in [0, 0.1) is 0 Å². The lowest BCUT2D eigenvalue weighted by Crippen LogP contribution is -2.28. The van der Waals surface area contributed by atoms with Gasteiger partial charge in [-0.2, -0.15) is 0 Å². The second-order valence-corrected chi connectivity index (χ2v) is 6.23. The second-order valence-electron chi connectivity index (χ2n) is 5.79. The molecule has 1 saturated heterocycles. The molecule has 122 valence electrons. The van der Waals surface area contributed by atoms with Crippen molar-refractivity contribution >= 4 is 24.0 Å². The smallest absolute Gasteiger partial charge is 0.231 e. The number of aliphatic hydroxyl groups is 1. The van der Waals surface area contributed by atoms with Crippen molar-refractivity contribution in [1.82, 2.24) is 5.32 Å². The molecule has 0 spiro atoms. The highest BCUT2D eigenvalue weighted by Crippen LogP contribution is 2.40. The molecule has 1 fully saturated rings. The lowest BCUT2D eigenvalue weighted by Gasteiger charge is -2.22. The maximum Gasteiger partial charge on any atom is 0.231 e. The maximum absolute atomic E-state index is 10.9. The van der Waals surface area contributed by atoms with Gasteiger partial charge in [-0.25, -0.2) is 0 Å². The summed E-state index contributed by atoms with van der Waals surface area (Å²) in [5, 5.41) is 15.0. The molecule has 2 aromatic carbocycles. The molecule has 0 aromatic heterocycles. The van der Waals surface area contributed by atoms with Crippen LogP contribution in [0.4, 0.5) is 0 Å². The van der Waals surface area contributed by atoms with E-state index in [1.54, 1.807) is 0 Å². The molecule has 0 aliphatic carbocycles. The molecule has 2 atom stereocenters. The van der Waals surface area contributed by atoms with Gasteiger partial charge in [-0.05, 0) is 35.4 Å². The number of β-amino-alcohol motifs (C(OH)–C–C–N with tert-alkyl or cyclic N) is 1. The average Bonchev–Trinajstić information content (AvgIpc) is 3.14. The van der Waals surface area contributed by atoms with Gasteiger partial charge in [0.15, 0.2) is 11.5 Å². The maximum atomic E-state index is 10.9. The first-order chi connectivity index (χ1) is 10.6. The Bertz CT molecular complexity index is 707. The molecule has 2 heterocycles. The number of halogens is 2. The van der Waals surface area contributed by atoms with E-state index in [-0.39, 0.29) is 25.2 Å². The first kappa shape index (κ1) is 16.4. The van der Waals surface area contributed by atoms with Crippen LogP contribution in [0.2, 0.25) is 5.02 Å². The second kappa shape index (κ2) is 6.21. The minimum Gasteiger partial charge on any atom is -0.454 e. The van der Waals surface area contributed by atoms with E-state index in [0.29, 0.717) is 18.0 Å². The Kier molecular flexibility index (Phi) is 4.43. The molecule has 0 saturated carbocycles. The van der Waals surface area contributed by atoms with Gasteiger partial charge in [0.05, 0.1) is 0 Å². The van der Waals surface area contributed by atoms with Crippen LogP contribution in [-0.4, -0.2) is 18.4 Å². The Morgan fingerprint density at radius 2 is 1.83 bits per heavy atom. The van der Waals surface area contributed by atoms with Crippen molar-refractivity contribution in [3.05, 3.63) is 58.6 Å². The molecule has 2 unspecified atom stereocenters. The molecule has 0 bridgehead atoms. The third kappa shape index (κ3) is 3.00. The van der Waals surface area contributed by atoms with Crippen LogP contribution in [0.1, 0.15) is 23.6 Å². The molecule has 2 N–H and O–H groups in total. The van der Waals surface area contributed by atoms with Gasteiger partial charge in [0.2, 0.25) is 6.79 Å². The highest BCUT2D eigenvalue weighted by Gasteiger charge is 2.39. The Hall–Kier alpha value is -1.46. The van der Waals surface area contributed by atoms with Gasteiger partial charge in [-0.15, -0.1) is 12.4 Å². The molecular weight excluding hydrogens is 337 g/mol. The van der Waals surface area contributed by atoms with Gasteiger partial charge in [0.1, 0.15) is 5.60 Å². The van der Waals surface area contributed by atoms with Crippen molar-refractivity contribution in [2.45, 2.75) is 18.1 Å². The van der Waals surface area contributed by atoms with E-state index in [1.807, 2.05) is 42.5 Å². The molecule has 4 rings (SSSR count). The van der Waals surface area contributed by atoms with Gasteiger partial charge in [-0.3, -0.25) is 0 Å². The predicted molar refractivity (Wildman–Crippen MR) is 90.5 cm³/mol. The molecule has 0 radical (unpaired) electrons. The number of benzene rings is 2. The van der Waals surface area contributed by atoms with E-state index in [2.05, 4.69) is 5.32 Å². The van der Waals surface area contributed by atoms with E-state index in [4.69, 9.17) is 21.1 Å². The van der Waals surface area contributed by atoms with Crippen LogP contribution < -0.4 is 14.8 Å². The molecule has 0 amide bonds. The first-order valence-electron chi connectivity index (χ1n) is 7.25. The Labute approximate surface area is 145 Å². The Morgan fingerprint density at radius 1 is 1.09 bits per heavy atom. The summed E-state index contributed by atoms with van der Waals surface area (Å²) < 4.78 is 10.8. The highest BCUT2D eigenvalue weighted by molar-refractivity contribution is 6.30. The van der Waals surface area contributed by atoms with Crippen LogP contribution in [0.5, 0.6) is 11.5 Å². The Balaban J connectivity index is 0.00000156. The minimum absolute atomic E-state index is 0. The van der Waals surface area contributed by atoms with Crippen molar-refractivity contribution in [3.8, 4) is 11.5 Å². The van der Waals surface area contributed by atoms with Gasteiger partial charge in [0, 0.05) is 24.0 Å². The van der Waals surface area contributed by atoms with Crippen LogP contribution in [0.15, 0.2) is 42.5 Å². The molecule has 2 aliphatic rings. The quantitative estimate of drug-likeness (QED) is 0.868. The lowest BCUT2D eigenvalue weighted by atomic mass is 9.89. The zero-order valence-electron chi connectivity index (χ0n) is 12.3. The van der Waals surface area contributed by atoms with Crippen LogP contribution in [0.25, 0.3) is 0 Å². The van der Waals surface area contributed by atoms with E-state index < -0.39 is 5.60 Å². The average molecular weight is 354 g/mol. The minimum atomic E-state index is -0.883. The first-order valence-corrected chi connectivity index (χ1v) is 7.63. The molecule has 4 nitrogen and oxygen atoms in total. The normalized spacial score (nSPS) is 25.2. The fourth-order valence-electron chi connectivity index (χ4n) is 3.12. The van der Waals surface area contributed by atoms with E-state index in [0.717, 1.165) is 22.6 Å². The van der Waals surface area contributed by atoms with Gasteiger partial charge in [-0.1, -0.05) is 29.8 Å². The van der Waals surface area contributed by atoms with E-state index in [9.17, 15) is 5.11 Å². The molecule has 23 heavy (non-hydrogen) atoms. The number of hydrogen-bond donors (Lipinski definition) is 2. The zero-order valence-corrected chi connectivity index (χ0v) is 13.9. The number of fused-ring (bicyclic) bond motifs is 1. The predicted octanol–water partition coefficient (Wildman–Crippen LogP) is 3.41.